The number of nitrogens with zero attached hydrogens (tertiary/aromatic N) is 2. The molecule has 0 aliphatic carbocycles. The van der Waals surface area contributed by atoms with Crippen LogP contribution in [0.3, 0.4) is 0 Å². The molecule has 1 aromatic rings. The van der Waals surface area contributed by atoms with Crippen molar-refractivity contribution in [2.75, 3.05) is 18.5 Å². The Hall–Kier alpha value is -1.65. The van der Waals surface area contributed by atoms with E-state index in [9.17, 15) is 4.79 Å². The van der Waals surface area contributed by atoms with Crippen LogP contribution in [0, 0.1) is 6.92 Å². The predicted molar refractivity (Wildman–Crippen MR) is 56.5 cm³/mol. The number of anilines is 1. The lowest BCUT2D eigenvalue weighted by Crippen LogP contribution is -2.12. The maximum absolute atomic E-state index is 11.0. The second kappa shape index (κ2) is 5.95. The van der Waals surface area contributed by atoms with Gasteiger partial charge in [0.15, 0.2) is 0 Å². The van der Waals surface area contributed by atoms with Gasteiger partial charge < -0.3 is 10.1 Å². The average Bonchev–Trinajstić information content (AvgIpc) is 2.18. The number of carbonyl (C=O) groups excluding carboxylic acids is 1. The molecule has 0 saturated carbocycles. The van der Waals surface area contributed by atoms with Crippen LogP contribution in [0.2, 0.25) is 0 Å². The molecule has 0 bridgehead atoms. The molecule has 0 atom stereocenters. The Kier molecular flexibility index (Phi) is 4.53. The van der Waals surface area contributed by atoms with Gasteiger partial charge in [-0.05, 0) is 19.9 Å². The smallest absolute Gasteiger partial charge is 0.307 e. The first-order valence-corrected chi connectivity index (χ1v) is 4.91. The summed E-state index contributed by atoms with van der Waals surface area (Å²) in [5, 5.41) is 2.95. The minimum Gasteiger partial charge on any atom is -0.466 e. The van der Waals surface area contributed by atoms with Crippen LogP contribution in [0.5, 0.6) is 0 Å². The molecule has 0 fully saturated rings. The molecule has 5 heteroatoms. The van der Waals surface area contributed by atoms with Gasteiger partial charge in [-0.15, -0.1) is 0 Å². The van der Waals surface area contributed by atoms with Crippen molar-refractivity contribution in [1.82, 2.24) is 9.97 Å². The van der Waals surface area contributed by atoms with E-state index in [1.165, 1.54) is 0 Å². The van der Waals surface area contributed by atoms with Crippen molar-refractivity contribution in [3.63, 3.8) is 0 Å². The van der Waals surface area contributed by atoms with Crippen molar-refractivity contribution in [3.05, 3.63) is 18.0 Å². The third-order valence-electron chi connectivity index (χ3n) is 1.71. The van der Waals surface area contributed by atoms with Gasteiger partial charge in [-0.25, -0.2) is 9.97 Å². The van der Waals surface area contributed by atoms with Gasteiger partial charge >= 0.3 is 5.97 Å². The number of aromatic nitrogens is 2. The molecule has 0 saturated heterocycles. The summed E-state index contributed by atoms with van der Waals surface area (Å²) in [6, 6.07) is 1.82. The van der Waals surface area contributed by atoms with E-state index in [0.717, 1.165) is 5.69 Å². The molecule has 0 aliphatic heterocycles. The minimum absolute atomic E-state index is 0.211. The Morgan fingerprint density at radius 2 is 2.40 bits per heavy atom. The summed E-state index contributed by atoms with van der Waals surface area (Å²) in [6.45, 7) is 4.58. The molecule has 5 nitrogen and oxygen atoms in total. The van der Waals surface area contributed by atoms with E-state index in [1.54, 1.807) is 13.1 Å². The van der Waals surface area contributed by atoms with Crippen LogP contribution in [0.4, 0.5) is 5.95 Å². The third kappa shape index (κ3) is 4.39. The highest BCUT2D eigenvalue weighted by Crippen LogP contribution is 1.98. The molecule has 1 rings (SSSR count). The largest absolute Gasteiger partial charge is 0.466 e. The first-order valence-electron chi connectivity index (χ1n) is 4.91. The van der Waals surface area contributed by atoms with Gasteiger partial charge in [0, 0.05) is 18.4 Å². The number of nitrogens with one attached hydrogen (secondary N) is 1. The molecule has 0 aromatic carbocycles. The van der Waals surface area contributed by atoms with Crippen LogP contribution in [0.1, 0.15) is 19.0 Å². The summed E-state index contributed by atoms with van der Waals surface area (Å²) in [5.41, 5.74) is 0.892. The normalized spacial score (nSPS) is 9.73. The predicted octanol–water partition coefficient (Wildman–Crippen LogP) is 1.15. The molecular formula is C10H15N3O2. The maximum Gasteiger partial charge on any atom is 0.307 e. The highest BCUT2D eigenvalue weighted by Gasteiger charge is 2.01. The molecule has 0 aliphatic rings. The van der Waals surface area contributed by atoms with Gasteiger partial charge in [0.05, 0.1) is 13.0 Å². The topological polar surface area (TPSA) is 64.1 Å². The summed E-state index contributed by atoms with van der Waals surface area (Å²) in [5.74, 6) is 0.331. The lowest BCUT2D eigenvalue weighted by molar-refractivity contribution is -0.142. The Bertz CT molecular complexity index is 328. The second-order valence-electron chi connectivity index (χ2n) is 3.00. The minimum atomic E-state index is -0.211. The lowest BCUT2D eigenvalue weighted by atomic mass is 10.4. The van der Waals surface area contributed by atoms with E-state index >= 15 is 0 Å². The summed E-state index contributed by atoms with van der Waals surface area (Å²) in [7, 11) is 0. The Morgan fingerprint density at radius 1 is 1.60 bits per heavy atom. The fourth-order valence-electron chi connectivity index (χ4n) is 1.04. The SMILES string of the molecule is CCOC(=O)CCNc1nccc(C)n1. The highest BCUT2D eigenvalue weighted by atomic mass is 16.5. The quantitative estimate of drug-likeness (QED) is 0.737. The van der Waals surface area contributed by atoms with Crippen LogP contribution < -0.4 is 5.32 Å². The zero-order chi connectivity index (χ0) is 11.1. The molecule has 1 aromatic heterocycles. The number of rotatable bonds is 5. The van der Waals surface area contributed by atoms with Crippen molar-refractivity contribution < 1.29 is 9.53 Å². The number of ether oxygens (including phenoxy) is 1. The highest BCUT2D eigenvalue weighted by molar-refractivity contribution is 5.69. The average molecular weight is 209 g/mol. The zero-order valence-corrected chi connectivity index (χ0v) is 8.99. The Labute approximate surface area is 88.9 Å². The van der Waals surface area contributed by atoms with E-state index in [0.29, 0.717) is 25.5 Å². The van der Waals surface area contributed by atoms with Crippen LogP contribution in [0.25, 0.3) is 0 Å². The molecule has 0 unspecified atom stereocenters. The fraction of sp³-hybridized carbons (Fsp3) is 0.500. The van der Waals surface area contributed by atoms with E-state index in [4.69, 9.17) is 4.74 Å². The molecule has 0 amide bonds. The number of aryl methyl sites for hydroxylation is 1. The van der Waals surface area contributed by atoms with Crippen LogP contribution in [-0.2, 0) is 9.53 Å². The van der Waals surface area contributed by atoms with Gasteiger partial charge in [-0.2, -0.15) is 0 Å². The molecule has 15 heavy (non-hydrogen) atoms. The molecule has 1 heterocycles. The van der Waals surface area contributed by atoms with Crippen molar-refractivity contribution in [1.29, 1.82) is 0 Å². The first-order chi connectivity index (χ1) is 7.22. The standard InChI is InChI=1S/C10H15N3O2/c1-3-15-9(14)5-7-12-10-11-6-4-8(2)13-10/h4,6H,3,5,7H2,1-2H3,(H,11,12,13). The summed E-state index contributed by atoms with van der Waals surface area (Å²) in [4.78, 5) is 19.1. The van der Waals surface area contributed by atoms with Crippen LogP contribution >= 0.6 is 0 Å². The van der Waals surface area contributed by atoms with Gasteiger partial charge in [0.25, 0.3) is 0 Å². The Balaban J connectivity index is 2.28. The summed E-state index contributed by atoms with van der Waals surface area (Å²) in [6.07, 6.45) is 2.00. The van der Waals surface area contributed by atoms with Gasteiger partial charge in [0.1, 0.15) is 0 Å². The number of carbonyl (C=O) groups is 1. The molecular weight excluding hydrogens is 194 g/mol. The number of hydrogen-bond acceptors (Lipinski definition) is 5. The van der Waals surface area contributed by atoms with Crippen molar-refractivity contribution >= 4 is 11.9 Å². The van der Waals surface area contributed by atoms with Gasteiger partial charge in [-0.3, -0.25) is 4.79 Å². The monoisotopic (exact) mass is 209 g/mol. The van der Waals surface area contributed by atoms with E-state index in [1.807, 2.05) is 13.0 Å². The molecule has 1 N–H and O–H groups in total. The first kappa shape index (κ1) is 11.4. The van der Waals surface area contributed by atoms with E-state index in [2.05, 4.69) is 15.3 Å². The zero-order valence-electron chi connectivity index (χ0n) is 8.99. The Morgan fingerprint density at radius 3 is 3.07 bits per heavy atom. The molecule has 82 valence electrons. The van der Waals surface area contributed by atoms with E-state index in [-0.39, 0.29) is 5.97 Å². The molecule has 0 radical (unpaired) electrons. The van der Waals surface area contributed by atoms with Crippen molar-refractivity contribution in [3.8, 4) is 0 Å². The maximum atomic E-state index is 11.0. The van der Waals surface area contributed by atoms with Gasteiger partial charge in [-0.1, -0.05) is 0 Å². The molecule has 0 spiro atoms. The van der Waals surface area contributed by atoms with Crippen LogP contribution in [0.15, 0.2) is 12.3 Å². The second-order valence-corrected chi connectivity index (χ2v) is 3.00. The van der Waals surface area contributed by atoms with E-state index < -0.39 is 0 Å². The number of hydrogen-bond donors (Lipinski definition) is 1. The third-order valence-corrected chi connectivity index (χ3v) is 1.71. The van der Waals surface area contributed by atoms with Crippen LogP contribution in [-0.4, -0.2) is 29.1 Å². The van der Waals surface area contributed by atoms with Gasteiger partial charge in [0.2, 0.25) is 5.95 Å². The number of esters is 1. The fourth-order valence-corrected chi connectivity index (χ4v) is 1.04. The lowest BCUT2D eigenvalue weighted by Gasteiger charge is -2.04. The summed E-state index contributed by atoms with van der Waals surface area (Å²) >= 11 is 0. The van der Waals surface area contributed by atoms with Crippen molar-refractivity contribution in [2.45, 2.75) is 20.3 Å². The summed E-state index contributed by atoms with van der Waals surface area (Å²) < 4.78 is 4.78. The van der Waals surface area contributed by atoms with Crippen molar-refractivity contribution in [2.24, 2.45) is 0 Å².